The van der Waals surface area contributed by atoms with Gasteiger partial charge in [0.05, 0.1) is 12.7 Å². The predicted molar refractivity (Wildman–Crippen MR) is 55.4 cm³/mol. The molecule has 0 aliphatic heterocycles. The molecule has 2 N–H and O–H groups in total. The van der Waals surface area contributed by atoms with Crippen LogP contribution in [0.3, 0.4) is 0 Å². The fourth-order valence-corrected chi connectivity index (χ4v) is 1.63. The van der Waals surface area contributed by atoms with Crippen molar-refractivity contribution in [3.63, 3.8) is 0 Å². The summed E-state index contributed by atoms with van der Waals surface area (Å²) in [6.07, 6.45) is -1.97. The Labute approximate surface area is 88.0 Å². The lowest BCUT2D eigenvalue weighted by Crippen LogP contribution is -2.06. The molecule has 2 nitrogen and oxygen atoms in total. The van der Waals surface area contributed by atoms with Crippen LogP contribution in [0.5, 0.6) is 5.75 Å². The minimum Gasteiger partial charge on any atom is -0.496 e. The van der Waals surface area contributed by atoms with E-state index in [4.69, 9.17) is 10.5 Å². The van der Waals surface area contributed by atoms with Crippen LogP contribution in [-0.2, 0) is 6.42 Å². The van der Waals surface area contributed by atoms with Gasteiger partial charge in [-0.05, 0) is 31.5 Å². The summed E-state index contributed by atoms with van der Waals surface area (Å²) in [6.45, 7) is 2.20. The van der Waals surface area contributed by atoms with Crippen molar-refractivity contribution in [1.29, 1.82) is 0 Å². The number of aryl methyl sites for hydroxylation is 1. The molecule has 0 spiro atoms. The van der Waals surface area contributed by atoms with Gasteiger partial charge in [-0.3, -0.25) is 0 Å². The summed E-state index contributed by atoms with van der Waals surface area (Å²) in [4.78, 5) is 0. The third-order valence-electron chi connectivity index (χ3n) is 2.19. The number of rotatable bonds is 4. The zero-order valence-corrected chi connectivity index (χ0v) is 8.89. The van der Waals surface area contributed by atoms with Gasteiger partial charge >= 0.3 is 0 Å². The number of ether oxygens (including phenoxy) is 1. The van der Waals surface area contributed by atoms with E-state index >= 15 is 0 Å². The fourth-order valence-electron chi connectivity index (χ4n) is 1.63. The van der Waals surface area contributed by atoms with E-state index in [-0.39, 0.29) is 11.3 Å². The molecule has 0 fully saturated rings. The summed E-state index contributed by atoms with van der Waals surface area (Å²) in [5.74, 6) is 0.265. The van der Waals surface area contributed by atoms with Gasteiger partial charge in [0, 0.05) is 0 Å². The first-order valence-corrected chi connectivity index (χ1v) is 4.75. The zero-order chi connectivity index (χ0) is 11.4. The smallest absolute Gasteiger partial charge is 0.267 e. The molecule has 0 radical (unpaired) electrons. The van der Waals surface area contributed by atoms with Gasteiger partial charge in [0.25, 0.3) is 6.43 Å². The van der Waals surface area contributed by atoms with Gasteiger partial charge in [-0.15, -0.1) is 0 Å². The Bertz CT molecular complexity index is 340. The lowest BCUT2D eigenvalue weighted by atomic mass is 10.0. The molecule has 1 aromatic rings. The SMILES string of the molecule is COc1c(CCN)cc(C)cc1C(F)F. The maximum Gasteiger partial charge on any atom is 0.267 e. The van der Waals surface area contributed by atoms with Crippen molar-refractivity contribution in [1.82, 2.24) is 0 Å². The Balaban J connectivity index is 3.25. The monoisotopic (exact) mass is 215 g/mol. The van der Waals surface area contributed by atoms with Crippen molar-refractivity contribution >= 4 is 0 Å². The number of alkyl halides is 2. The molecule has 0 amide bonds. The zero-order valence-electron chi connectivity index (χ0n) is 8.89. The Kier molecular flexibility index (Phi) is 4.03. The van der Waals surface area contributed by atoms with Crippen molar-refractivity contribution in [2.45, 2.75) is 19.8 Å². The molecule has 0 unspecified atom stereocenters. The molecule has 0 saturated carbocycles. The molecule has 0 aliphatic carbocycles. The van der Waals surface area contributed by atoms with E-state index in [0.29, 0.717) is 13.0 Å². The lowest BCUT2D eigenvalue weighted by molar-refractivity contribution is 0.146. The standard InChI is InChI=1S/C11H15F2NO/c1-7-5-8(3-4-14)10(15-2)9(6-7)11(12)13/h5-6,11H,3-4,14H2,1-2H3. The van der Waals surface area contributed by atoms with E-state index < -0.39 is 6.43 Å². The number of nitrogens with two attached hydrogens (primary N) is 1. The van der Waals surface area contributed by atoms with Crippen LogP contribution < -0.4 is 10.5 Å². The van der Waals surface area contributed by atoms with Crippen LogP contribution in [0, 0.1) is 6.92 Å². The third kappa shape index (κ3) is 2.65. The van der Waals surface area contributed by atoms with E-state index in [1.54, 1.807) is 6.92 Å². The molecule has 0 heterocycles. The van der Waals surface area contributed by atoms with E-state index in [0.717, 1.165) is 11.1 Å². The van der Waals surface area contributed by atoms with Crippen LogP contribution in [0.4, 0.5) is 8.78 Å². The number of hydrogen-bond donors (Lipinski definition) is 1. The van der Waals surface area contributed by atoms with Gasteiger partial charge in [0.1, 0.15) is 5.75 Å². The molecule has 15 heavy (non-hydrogen) atoms. The van der Waals surface area contributed by atoms with E-state index in [2.05, 4.69) is 0 Å². The molecule has 0 aliphatic rings. The third-order valence-corrected chi connectivity index (χ3v) is 2.19. The molecule has 1 aromatic carbocycles. The van der Waals surface area contributed by atoms with Gasteiger partial charge in [-0.25, -0.2) is 8.78 Å². The van der Waals surface area contributed by atoms with Gasteiger partial charge < -0.3 is 10.5 Å². The maximum absolute atomic E-state index is 12.7. The molecule has 0 aromatic heterocycles. The summed E-state index contributed by atoms with van der Waals surface area (Å²) in [7, 11) is 1.40. The topological polar surface area (TPSA) is 35.2 Å². The van der Waals surface area contributed by atoms with Crippen LogP contribution >= 0.6 is 0 Å². The summed E-state index contributed by atoms with van der Waals surface area (Å²) in [5, 5.41) is 0. The summed E-state index contributed by atoms with van der Waals surface area (Å²) in [5.41, 5.74) is 6.91. The minimum atomic E-state index is -2.52. The molecule has 0 bridgehead atoms. The summed E-state index contributed by atoms with van der Waals surface area (Å²) in [6, 6.07) is 3.28. The summed E-state index contributed by atoms with van der Waals surface area (Å²) >= 11 is 0. The Morgan fingerprint density at radius 2 is 2.07 bits per heavy atom. The minimum absolute atomic E-state index is 0.0547. The van der Waals surface area contributed by atoms with Crippen LogP contribution in [0.15, 0.2) is 12.1 Å². The van der Waals surface area contributed by atoms with Gasteiger partial charge in [-0.1, -0.05) is 11.6 Å². The van der Waals surface area contributed by atoms with Crippen LogP contribution in [0.1, 0.15) is 23.1 Å². The van der Waals surface area contributed by atoms with E-state index in [1.165, 1.54) is 13.2 Å². The largest absolute Gasteiger partial charge is 0.496 e. The second kappa shape index (κ2) is 5.07. The normalized spacial score (nSPS) is 10.8. The highest BCUT2D eigenvalue weighted by Crippen LogP contribution is 2.33. The summed E-state index contributed by atoms with van der Waals surface area (Å²) < 4.78 is 30.4. The number of methoxy groups -OCH3 is 1. The number of benzene rings is 1. The Hall–Kier alpha value is -1.16. The van der Waals surface area contributed by atoms with Crippen molar-refractivity contribution in [3.8, 4) is 5.75 Å². The van der Waals surface area contributed by atoms with E-state index in [9.17, 15) is 8.78 Å². The molecule has 1 rings (SSSR count). The van der Waals surface area contributed by atoms with E-state index in [1.807, 2.05) is 6.07 Å². The first-order chi connectivity index (χ1) is 7.10. The van der Waals surface area contributed by atoms with Gasteiger partial charge in [0.2, 0.25) is 0 Å². The fraction of sp³-hybridized carbons (Fsp3) is 0.455. The van der Waals surface area contributed by atoms with Gasteiger partial charge in [-0.2, -0.15) is 0 Å². The highest BCUT2D eigenvalue weighted by Gasteiger charge is 2.17. The van der Waals surface area contributed by atoms with Gasteiger partial charge in [0.15, 0.2) is 0 Å². The molecular formula is C11H15F2NO. The van der Waals surface area contributed by atoms with Crippen molar-refractivity contribution in [2.75, 3.05) is 13.7 Å². The number of halogens is 2. The lowest BCUT2D eigenvalue weighted by Gasteiger charge is -2.14. The first-order valence-electron chi connectivity index (χ1n) is 4.75. The highest BCUT2D eigenvalue weighted by molar-refractivity contribution is 5.45. The van der Waals surface area contributed by atoms with Crippen molar-refractivity contribution in [3.05, 3.63) is 28.8 Å². The first kappa shape index (κ1) is 11.9. The predicted octanol–water partition coefficient (Wildman–Crippen LogP) is 2.44. The van der Waals surface area contributed by atoms with Crippen molar-refractivity contribution in [2.24, 2.45) is 5.73 Å². The molecular weight excluding hydrogens is 200 g/mol. The number of hydrogen-bond acceptors (Lipinski definition) is 2. The second-order valence-electron chi connectivity index (χ2n) is 3.39. The quantitative estimate of drug-likeness (QED) is 0.837. The average molecular weight is 215 g/mol. The van der Waals surface area contributed by atoms with Crippen LogP contribution in [-0.4, -0.2) is 13.7 Å². The molecule has 84 valence electrons. The van der Waals surface area contributed by atoms with Crippen molar-refractivity contribution < 1.29 is 13.5 Å². The highest BCUT2D eigenvalue weighted by atomic mass is 19.3. The van der Waals surface area contributed by atoms with Crippen LogP contribution in [0.25, 0.3) is 0 Å². The molecule has 0 atom stereocenters. The molecule has 0 saturated heterocycles. The Morgan fingerprint density at radius 3 is 2.53 bits per heavy atom. The Morgan fingerprint density at radius 1 is 1.40 bits per heavy atom. The second-order valence-corrected chi connectivity index (χ2v) is 3.39. The van der Waals surface area contributed by atoms with Crippen LogP contribution in [0.2, 0.25) is 0 Å². The average Bonchev–Trinajstić information content (AvgIpc) is 2.17. The molecule has 4 heteroatoms. The maximum atomic E-state index is 12.7.